The predicted octanol–water partition coefficient (Wildman–Crippen LogP) is 1.90. The first kappa shape index (κ1) is 11.6. The van der Waals surface area contributed by atoms with Crippen molar-refractivity contribution in [3.63, 3.8) is 0 Å². The fourth-order valence-corrected chi connectivity index (χ4v) is 2.11. The molecule has 4 heteroatoms. The molecule has 0 saturated carbocycles. The maximum Gasteiger partial charge on any atom is 0.0821 e. The van der Waals surface area contributed by atoms with Crippen molar-refractivity contribution < 1.29 is 9.84 Å². The molecule has 1 aromatic heterocycles. The molecule has 2 atom stereocenters. The number of ether oxygens (including phenoxy) is 1. The summed E-state index contributed by atoms with van der Waals surface area (Å²) in [6.07, 6.45) is 7.64. The van der Waals surface area contributed by atoms with Crippen LogP contribution < -0.4 is 0 Å². The number of hydrogen-bond acceptors (Lipinski definition) is 3. The molecule has 1 aliphatic heterocycles. The third-order valence-electron chi connectivity index (χ3n) is 3.15. The molecule has 2 rings (SSSR count). The van der Waals surface area contributed by atoms with Gasteiger partial charge >= 0.3 is 0 Å². The molecular weight excluding hydrogens is 204 g/mol. The summed E-state index contributed by atoms with van der Waals surface area (Å²) in [6.45, 7) is 3.77. The summed E-state index contributed by atoms with van der Waals surface area (Å²) < 4.78 is 7.37. The quantitative estimate of drug-likeness (QED) is 0.831. The van der Waals surface area contributed by atoms with E-state index in [1.807, 2.05) is 17.8 Å². The van der Waals surface area contributed by atoms with Crippen LogP contribution in [0.3, 0.4) is 0 Å². The van der Waals surface area contributed by atoms with Crippen LogP contribution in [-0.4, -0.2) is 27.6 Å². The van der Waals surface area contributed by atoms with E-state index >= 15 is 0 Å². The van der Waals surface area contributed by atoms with Crippen LogP contribution in [0.15, 0.2) is 12.4 Å². The molecule has 0 radical (unpaired) electrons. The first-order valence-electron chi connectivity index (χ1n) is 6.11. The van der Waals surface area contributed by atoms with Gasteiger partial charge in [-0.3, -0.25) is 4.68 Å². The minimum Gasteiger partial charge on any atom is -0.388 e. The van der Waals surface area contributed by atoms with E-state index in [4.69, 9.17) is 4.74 Å². The molecule has 2 heterocycles. The van der Waals surface area contributed by atoms with E-state index in [0.717, 1.165) is 44.4 Å². The Kier molecular flexibility index (Phi) is 3.96. The van der Waals surface area contributed by atoms with E-state index < -0.39 is 6.10 Å². The number of aryl methyl sites for hydroxylation is 1. The average Bonchev–Trinajstić information content (AvgIpc) is 2.96. The molecule has 0 aliphatic carbocycles. The van der Waals surface area contributed by atoms with Crippen molar-refractivity contribution in [2.75, 3.05) is 6.61 Å². The summed E-state index contributed by atoms with van der Waals surface area (Å²) in [5.41, 5.74) is 0.917. The molecule has 16 heavy (non-hydrogen) atoms. The van der Waals surface area contributed by atoms with Gasteiger partial charge in [-0.1, -0.05) is 0 Å². The standard InChI is InChI=1S/C12H20N2O2/c1-2-14-9-10(8-13-14)12(15)6-5-11-4-3-7-16-11/h8-9,11-12,15H,2-7H2,1H3. The van der Waals surface area contributed by atoms with E-state index in [9.17, 15) is 5.11 Å². The summed E-state index contributed by atoms with van der Waals surface area (Å²) in [5.74, 6) is 0. The van der Waals surface area contributed by atoms with Crippen molar-refractivity contribution in [3.8, 4) is 0 Å². The topological polar surface area (TPSA) is 47.3 Å². The second kappa shape index (κ2) is 5.46. The minimum atomic E-state index is -0.399. The van der Waals surface area contributed by atoms with Gasteiger partial charge in [0, 0.05) is 24.9 Å². The van der Waals surface area contributed by atoms with Crippen LogP contribution in [0.2, 0.25) is 0 Å². The maximum absolute atomic E-state index is 9.98. The third-order valence-corrected chi connectivity index (χ3v) is 3.15. The van der Waals surface area contributed by atoms with Gasteiger partial charge in [0.05, 0.1) is 18.4 Å². The SMILES string of the molecule is CCn1cc(C(O)CCC2CCCO2)cn1. The van der Waals surface area contributed by atoms with Gasteiger partial charge in [0.2, 0.25) is 0 Å². The van der Waals surface area contributed by atoms with Gasteiger partial charge < -0.3 is 9.84 Å². The Morgan fingerprint density at radius 2 is 2.56 bits per heavy atom. The van der Waals surface area contributed by atoms with E-state index in [1.165, 1.54) is 0 Å². The van der Waals surface area contributed by atoms with Crippen LogP contribution in [0.4, 0.5) is 0 Å². The molecule has 0 aromatic carbocycles. The molecule has 0 amide bonds. The molecule has 0 bridgehead atoms. The Morgan fingerprint density at radius 1 is 1.69 bits per heavy atom. The highest BCUT2D eigenvalue weighted by Gasteiger charge is 2.18. The van der Waals surface area contributed by atoms with Crippen LogP contribution in [0.5, 0.6) is 0 Å². The van der Waals surface area contributed by atoms with Crippen LogP contribution >= 0.6 is 0 Å². The molecule has 1 fully saturated rings. The monoisotopic (exact) mass is 224 g/mol. The molecule has 4 nitrogen and oxygen atoms in total. The second-order valence-corrected chi connectivity index (χ2v) is 4.36. The Bertz CT molecular complexity index is 319. The number of aliphatic hydroxyl groups is 1. The Morgan fingerprint density at radius 3 is 3.19 bits per heavy atom. The van der Waals surface area contributed by atoms with Crippen molar-refractivity contribution in [1.82, 2.24) is 9.78 Å². The molecule has 2 unspecified atom stereocenters. The molecule has 1 saturated heterocycles. The van der Waals surface area contributed by atoms with Gasteiger partial charge in [0.1, 0.15) is 0 Å². The zero-order valence-electron chi connectivity index (χ0n) is 9.80. The van der Waals surface area contributed by atoms with Crippen molar-refractivity contribution in [1.29, 1.82) is 0 Å². The molecule has 1 aliphatic rings. The number of rotatable bonds is 5. The normalized spacial score (nSPS) is 22.5. The lowest BCUT2D eigenvalue weighted by atomic mass is 10.0. The first-order valence-corrected chi connectivity index (χ1v) is 6.11. The number of aliphatic hydroxyl groups excluding tert-OH is 1. The van der Waals surface area contributed by atoms with E-state index in [-0.39, 0.29) is 0 Å². The lowest BCUT2D eigenvalue weighted by Crippen LogP contribution is -2.07. The molecule has 0 spiro atoms. The molecule has 1 aromatic rings. The smallest absolute Gasteiger partial charge is 0.0821 e. The average molecular weight is 224 g/mol. The lowest BCUT2D eigenvalue weighted by Gasteiger charge is -2.12. The van der Waals surface area contributed by atoms with Crippen molar-refractivity contribution >= 4 is 0 Å². The lowest BCUT2D eigenvalue weighted by molar-refractivity contribution is 0.0812. The zero-order valence-corrected chi connectivity index (χ0v) is 9.80. The van der Waals surface area contributed by atoms with Crippen LogP contribution in [0.25, 0.3) is 0 Å². The van der Waals surface area contributed by atoms with Gasteiger partial charge in [-0.15, -0.1) is 0 Å². The molecule has 1 N–H and O–H groups in total. The number of hydrogen-bond donors (Lipinski definition) is 1. The summed E-state index contributed by atoms with van der Waals surface area (Å²) in [4.78, 5) is 0. The van der Waals surface area contributed by atoms with E-state index in [2.05, 4.69) is 5.10 Å². The van der Waals surface area contributed by atoms with E-state index in [0.29, 0.717) is 6.10 Å². The van der Waals surface area contributed by atoms with Gasteiger partial charge in [-0.2, -0.15) is 5.10 Å². The van der Waals surface area contributed by atoms with Crippen molar-refractivity contribution in [3.05, 3.63) is 18.0 Å². The predicted molar refractivity (Wildman–Crippen MR) is 61.1 cm³/mol. The van der Waals surface area contributed by atoms with Crippen LogP contribution in [0, 0.1) is 0 Å². The van der Waals surface area contributed by atoms with Gasteiger partial charge in [0.15, 0.2) is 0 Å². The fraction of sp³-hybridized carbons (Fsp3) is 0.750. The second-order valence-electron chi connectivity index (χ2n) is 4.36. The Balaban J connectivity index is 1.80. The van der Waals surface area contributed by atoms with Gasteiger partial charge in [-0.05, 0) is 32.6 Å². The highest BCUT2D eigenvalue weighted by Crippen LogP contribution is 2.23. The summed E-state index contributed by atoms with van der Waals surface area (Å²) in [7, 11) is 0. The maximum atomic E-state index is 9.98. The van der Waals surface area contributed by atoms with E-state index in [1.54, 1.807) is 6.20 Å². The van der Waals surface area contributed by atoms with Gasteiger partial charge in [-0.25, -0.2) is 0 Å². The van der Waals surface area contributed by atoms with Crippen molar-refractivity contribution in [2.45, 2.75) is 51.4 Å². The van der Waals surface area contributed by atoms with Crippen LogP contribution in [-0.2, 0) is 11.3 Å². The summed E-state index contributed by atoms with van der Waals surface area (Å²) in [6, 6.07) is 0. The van der Waals surface area contributed by atoms with Crippen LogP contribution in [0.1, 0.15) is 44.3 Å². The Labute approximate surface area is 96.2 Å². The largest absolute Gasteiger partial charge is 0.388 e. The minimum absolute atomic E-state index is 0.357. The van der Waals surface area contributed by atoms with Crippen molar-refractivity contribution in [2.24, 2.45) is 0 Å². The summed E-state index contributed by atoms with van der Waals surface area (Å²) in [5, 5.41) is 14.1. The highest BCUT2D eigenvalue weighted by molar-refractivity contribution is 5.07. The summed E-state index contributed by atoms with van der Waals surface area (Å²) >= 11 is 0. The number of aromatic nitrogens is 2. The zero-order chi connectivity index (χ0) is 11.4. The fourth-order valence-electron chi connectivity index (χ4n) is 2.11. The molecular formula is C12H20N2O2. The third kappa shape index (κ3) is 2.83. The first-order chi connectivity index (χ1) is 7.79. The van der Waals surface area contributed by atoms with Gasteiger partial charge in [0.25, 0.3) is 0 Å². The highest BCUT2D eigenvalue weighted by atomic mass is 16.5. The molecule has 90 valence electrons. The Hall–Kier alpha value is -0.870. The number of nitrogens with zero attached hydrogens (tertiary/aromatic N) is 2.